The van der Waals surface area contributed by atoms with Gasteiger partial charge < -0.3 is 5.73 Å². The van der Waals surface area contributed by atoms with Crippen LogP contribution >= 0.6 is 7.91 Å². The molecule has 0 saturated heterocycles. The third-order valence-electron chi connectivity index (χ3n) is 0. The molecule has 0 unspecified atom stereocenters. The molecule has 0 fully saturated rings. The SMILES string of the molecule is C=CN.O=P(O)(O)F. The van der Waals surface area contributed by atoms with Crippen molar-refractivity contribution in [3.63, 3.8) is 0 Å². The maximum Gasteiger partial charge on any atom is 0.507 e. The van der Waals surface area contributed by atoms with Gasteiger partial charge in [-0.15, -0.1) is 4.20 Å². The van der Waals surface area contributed by atoms with E-state index in [1.165, 1.54) is 6.20 Å². The first-order chi connectivity index (χ1) is 3.41. The van der Waals surface area contributed by atoms with Gasteiger partial charge in [0.15, 0.2) is 0 Å². The van der Waals surface area contributed by atoms with Crippen molar-refractivity contribution in [2.45, 2.75) is 0 Å². The molecule has 0 aromatic rings. The van der Waals surface area contributed by atoms with Crippen LogP contribution in [0.4, 0.5) is 4.20 Å². The van der Waals surface area contributed by atoms with Crippen LogP contribution in [0.15, 0.2) is 12.8 Å². The van der Waals surface area contributed by atoms with Gasteiger partial charge in [0.05, 0.1) is 0 Å². The summed E-state index contributed by atoms with van der Waals surface area (Å²) in [6.07, 6.45) is 1.25. The van der Waals surface area contributed by atoms with Crippen molar-refractivity contribution in [3.05, 3.63) is 12.8 Å². The highest BCUT2D eigenvalue weighted by Crippen LogP contribution is 2.34. The number of hydrogen-bond donors (Lipinski definition) is 3. The smallest absolute Gasteiger partial charge is 0.405 e. The van der Waals surface area contributed by atoms with Gasteiger partial charge in [0, 0.05) is 0 Å². The quantitative estimate of drug-likeness (QED) is 0.421. The van der Waals surface area contributed by atoms with E-state index in [-0.39, 0.29) is 0 Å². The summed E-state index contributed by atoms with van der Waals surface area (Å²) in [6, 6.07) is 0. The monoisotopic (exact) mass is 143 g/mol. The summed E-state index contributed by atoms with van der Waals surface area (Å²) < 4.78 is 19.0. The van der Waals surface area contributed by atoms with Gasteiger partial charge in [0.1, 0.15) is 0 Å². The molecule has 0 atom stereocenters. The lowest BCUT2D eigenvalue weighted by Gasteiger charge is -1.77. The summed E-state index contributed by atoms with van der Waals surface area (Å²) >= 11 is 0. The first-order valence-corrected chi connectivity index (χ1v) is 3.00. The normalized spacial score (nSPS) is 8.88. The summed E-state index contributed by atoms with van der Waals surface area (Å²) in [7, 11) is -5.14. The van der Waals surface area contributed by atoms with Crippen LogP contribution in [0.3, 0.4) is 0 Å². The van der Waals surface area contributed by atoms with Gasteiger partial charge >= 0.3 is 7.91 Å². The fourth-order valence-electron chi connectivity index (χ4n) is 0. The van der Waals surface area contributed by atoms with E-state index in [9.17, 15) is 4.20 Å². The summed E-state index contributed by atoms with van der Waals surface area (Å²) in [5.41, 5.74) is 4.61. The number of rotatable bonds is 0. The van der Waals surface area contributed by atoms with Crippen LogP contribution in [0, 0.1) is 0 Å². The average Bonchev–Trinajstić information content (AvgIpc) is 1.27. The Morgan fingerprint density at radius 2 is 1.75 bits per heavy atom. The second-order valence-corrected chi connectivity index (χ2v) is 1.65. The predicted octanol–water partition coefficient (Wildman–Crippen LogP) is 0.137. The lowest BCUT2D eigenvalue weighted by molar-refractivity contribution is 0.322. The lowest BCUT2D eigenvalue weighted by atomic mass is 11.1. The standard InChI is InChI=1S/C2H5N.FH2O3P/c1-2-3;1-5(2,3)4/h2H,1,3H2;(H2,2,3,4). The topological polar surface area (TPSA) is 83.6 Å². The molecule has 0 heterocycles. The zero-order valence-corrected chi connectivity index (χ0v) is 4.88. The van der Waals surface area contributed by atoms with E-state index in [1.807, 2.05) is 0 Å². The van der Waals surface area contributed by atoms with E-state index in [1.54, 1.807) is 0 Å². The van der Waals surface area contributed by atoms with Crippen molar-refractivity contribution < 1.29 is 18.5 Å². The molecule has 8 heavy (non-hydrogen) atoms. The van der Waals surface area contributed by atoms with E-state index >= 15 is 0 Å². The second kappa shape index (κ2) is 4.77. The molecule has 0 spiro atoms. The van der Waals surface area contributed by atoms with E-state index in [2.05, 4.69) is 12.3 Å². The zero-order valence-electron chi connectivity index (χ0n) is 3.99. The van der Waals surface area contributed by atoms with E-state index in [4.69, 9.17) is 14.4 Å². The van der Waals surface area contributed by atoms with Crippen LogP contribution in [0.2, 0.25) is 0 Å². The van der Waals surface area contributed by atoms with Crippen LogP contribution in [-0.2, 0) is 4.57 Å². The van der Waals surface area contributed by atoms with Gasteiger partial charge in [-0.3, -0.25) is 9.79 Å². The fraction of sp³-hybridized carbons (Fsp3) is 0. The third kappa shape index (κ3) is 831. The molecule has 0 aliphatic heterocycles. The Balaban J connectivity index is 0. The van der Waals surface area contributed by atoms with Crippen LogP contribution in [-0.4, -0.2) is 9.79 Å². The van der Waals surface area contributed by atoms with Crippen molar-refractivity contribution in [2.75, 3.05) is 0 Å². The molecule has 4 nitrogen and oxygen atoms in total. The third-order valence-corrected chi connectivity index (χ3v) is 0. The Kier molecular flexibility index (Phi) is 6.31. The van der Waals surface area contributed by atoms with Gasteiger partial charge in [-0.1, -0.05) is 6.58 Å². The molecular weight excluding hydrogens is 136 g/mol. The van der Waals surface area contributed by atoms with Crippen molar-refractivity contribution in [1.82, 2.24) is 0 Å². The van der Waals surface area contributed by atoms with Crippen LogP contribution in [0.5, 0.6) is 0 Å². The van der Waals surface area contributed by atoms with Gasteiger partial charge in [0.2, 0.25) is 0 Å². The van der Waals surface area contributed by atoms with Gasteiger partial charge in [-0.25, -0.2) is 4.57 Å². The number of halogens is 1. The molecule has 0 aromatic carbocycles. The Bertz CT molecular complexity index is 91.2. The minimum absolute atomic E-state index is 1.25. The van der Waals surface area contributed by atoms with E-state index < -0.39 is 7.91 Å². The van der Waals surface area contributed by atoms with Gasteiger partial charge in [0.25, 0.3) is 0 Å². The van der Waals surface area contributed by atoms with Crippen LogP contribution in [0.1, 0.15) is 0 Å². The maximum absolute atomic E-state index is 10.4. The summed E-state index contributed by atoms with van der Waals surface area (Å²) in [5.74, 6) is 0. The Labute approximate surface area is 46.1 Å². The highest BCUT2D eigenvalue weighted by atomic mass is 31.2. The molecule has 6 heteroatoms. The summed E-state index contributed by atoms with van der Waals surface area (Å²) in [5, 5.41) is 0. The summed E-state index contributed by atoms with van der Waals surface area (Å²) in [4.78, 5) is 13.9. The first kappa shape index (κ1) is 10.6. The molecule has 0 saturated carbocycles. The van der Waals surface area contributed by atoms with Crippen molar-refractivity contribution in [2.24, 2.45) is 5.73 Å². The van der Waals surface area contributed by atoms with Gasteiger partial charge in [-0.05, 0) is 6.20 Å². The van der Waals surface area contributed by atoms with Crippen molar-refractivity contribution in [1.29, 1.82) is 0 Å². The average molecular weight is 143 g/mol. The van der Waals surface area contributed by atoms with Crippen molar-refractivity contribution >= 4 is 7.91 Å². The zero-order chi connectivity index (χ0) is 7.21. The van der Waals surface area contributed by atoms with Crippen molar-refractivity contribution in [3.8, 4) is 0 Å². The van der Waals surface area contributed by atoms with E-state index in [0.29, 0.717) is 0 Å². The molecule has 0 bridgehead atoms. The predicted molar refractivity (Wildman–Crippen MR) is 27.5 cm³/mol. The van der Waals surface area contributed by atoms with Gasteiger partial charge in [-0.2, -0.15) is 0 Å². The van der Waals surface area contributed by atoms with Crippen LogP contribution < -0.4 is 5.73 Å². The maximum atomic E-state index is 10.4. The Morgan fingerprint density at radius 1 is 1.75 bits per heavy atom. The van der Waals surface area contributed by atoms with Crippen LogP contribution in [0.25, 0.3) is 0 Å². The molecule has 0 aliphatic carbocycles. The Morgan fingerprint density at radius 3 is 1.75 bits per heavy atom. The molecule has 0 radical (unpaired) electrons. The molecule has 0 rings (SSSR count). The molecule has 50 valence electrons. The number of nitrogens with two attached hydrogens (primary N) is 1. The minimum atomic E-state index is -5.14. The number of hydrogen-bond acceptors (Lipinski definition) is 2. The second-order valence-electron chi connectivity index (χ2n) is 0.709. The highest BCUT2D eigenvalue weighted by Gasteiger charge is 2.04. The van der Waals surface area contributed by atoms with E-state index in [0.717, 1.165) is 0 Å². The molecule has 4 N–H and O–H groups in total. The molecule has 0 amide bonds. The first-order valence-electron chi connectivity index (χ1n) is 1.49. The lowest BCUT2D eigenvalue weighted by Crippen LogP contribution is -1.67. The largest absolute Gasteiger partial charge is 0.507 e. The Hall–Kier alpha value is -0.380. The molecular formula is C2H7FNO3P. The minimum Gasteiger partial charge on any atom is -0.405 e. The molecule has 0 aliphatic rings. The fourth-order valence-corrected chi connectivity index (χ4v) is 0. The highest BCUT2D eigenvalue weighted by molar-refractivity contribution is 7.45. The summed E-state index contributed by atoms with van der Waals surface area (Å²) in [6.45, 7) is 3.14. The molecule has 0 aromatic heterocycles.